The second kappa shape index (κ2) is 7.24. The molecule has 0 radical (unpaired) electrons. The predicted octanol–water partition coefficient (Wildman–Crippen LogP) is 2.57. The highest BCUT2D eigenvalue weighted by atomic mass is 15.3. The fraction of sp³-hybridized carbons (Fsp3) is 1.00. The van der Waals surface area contributed by atoms with Gasteiger partial charge in [0.25, 0.3) is 0 Å². The summed E-state index contributed by atoms with van der Waals surface area (Å²) in [7, 11) is 0. The van der Waals surface area contributed by atoms with E-state index in [0.717, 1.165) is 12.6 Å². The number of hydrogen-bond acceptors (Lipinski definition) is 3. The van der Waals surface area contributed by atoms with Crippen LogP contribution in [0.4, 0.5) is 0 Å². The Labute approximate surface area is 126 Å². The lowest BCUT2D eigenvalue weighted by molar-refractivity contribution is 0.0787. The zero-order valence-corrected chi connectivity index (χ0v) is 14.1. The Morgan fingerprint density at radius 2 is 1.65 bits per heavy atom. The zero-order chi connectivity index (χ0) is 14.6. The van der Waals surface area contributed by atoms with Crippen LogP contribution in [0.2, 0.25) is 0 Å². The van der Waals surface area contributed by atoms with Crippen LogP contribution in [0.15, 0.2) is 0 Å². The number of likely N-dealkylation sites (N-methyl/N-ethyl adjacent to an activating group) is 1. The van der Waals surface area contributed by atoms with E-state index in [0.29, 0.717) is 11.5 Å². The van der Waals surface area contributed by atoms with Gasteiger partial charge in [0.15, 0.2) is 0 Å². The maximum absolute atomic E-state index is 3.68. The number of hydrogen-bond donors (Lipinski definition) is 1. The van der Waals surface area contributed by atoms with Crippen molar-refractivity contribution in [3.8, 4) is 0 Å². The van der Waals surface area contributed by atoms with Gasteiger partial charge in [-0.05, 0) is 24.8 Å². The van der Waals surface area contributed by atoms with Gasteiger partial charge in [0.1, 0.15) is 0 Å². The van der Waals surface area contributed by atoms with E-state index < -0.39 is 0 Å². The Morgan fingerprint density at radius 1 is 1.05 bits per heavy atom. The van der Waals surface area contributed by atoms with E-state index in [9.17, 15) is 0 Å². The first kappa shape index (κ1) is 16.3. The van der Waals surface area contributed by atoms with Crippen LogP contribution in [-0.4, -0.2) is 61.2 Å². The lowest BCUT2D eigenvalue weighted by atomic mass is 9.86. The van der Waals surface area contributed by atoms with E-state index in [1.165, 1.54) is 58.4 Å². The van der Waals surface area contributed by atoms with Gasteiger partial charge in [-0.1, -0.05) is 40.5 Å². The van der Waals surface area contributed by atoms with Crippen molar-refractivity contribution in [1.82, 2.24) is 15.1 Å². The third-order valence-corrected chi connectivity index (χ3v) is 5.18. The average molecular weight is 281 g/mol. The molecule has 20 heavy (non-hydrogen) atoms. The molecule has 0 spiro atoms. The van der Waals surface area contributed by atoms with Gasteiger partial charge in [-0.3, -0.25) is 9.80 Å². The van der Waals surface area contributed by atoms with Gasteiger partial charge < -0.3 is 5.32 Å². The first-order valence-electron chi connectivity index (χ1n) is 8.70. The summed E-state index contributed by atoms with van der Waals surface area (Å²) in [5.41, 5.74) is 0.346. The molecular formula is C17H35N3. The summed E-state index contributed by atoms with van der Waals surface area (Å²) in [4.78, 5) is 5.42. The summed E-state index contributed by atoms with van der Waals surface area (Å²) in [6.07, 6.45) is 5.80. The molecule has 1 unspecified atom stereocenters. The summed E-state index contributed by atoms with van der Waals surface area (Å²) in [5, 5.41) is 3.68. The topological polar surface area (TPSA) is 18.5 Å². The summed E-state index contributed by atoms with van der Waals surface area (Å²) in [6, 6.07) is 1.51. The molecule has 2 fully saturated rings. The van der Waals surface area contributed by atoms with E-state index in [1.54, 1.807) is 0 Å². The second-order valence-corrected chi connectivity index (χ2v) is 7.75. The molecule has 0 bridgehead atoms. The van der Waals surface area contributed by atoms with Crippen molar-refractivity contribution < 1.29 is 0 Å². The molecule has 1 heterocycles. The van der Waals surface area contributed by atoms with Crippen molar-refractivity contribution in [2.24, 2.45) is 5.41 Å². The number of piperazine rings is 1. The van der Waals surface area contributed by atoms with E-state index in [2.05, 4.69) is 42.8 Å². The van der Waals surface area contributed by atoms with Crippen LogP contribution < -0.4 is 5.32 Å². The fourth-order valence-electron chi connectivity index (χ4n) is 3.73. The summed E-state index contributed by atoms with van der Waals surface area (Å²) >= 11 is 0. The predicted molar refractivity (Wildman–Crippen MR) is 87.2 cm³/mol. The van der Waals surface area contributed by atoms with Crippen LogP contribution in [0, 0.1) is 5.41 Å². The largest absolute Gasteiger partial charge is 0.312 e. The number of nitrogens with one attached hydrogen (secondary N) is 1. The zero-order valence-electron chi connectivity index (χ0n) is 14.1. The van der Waals surface area contributed by atoms with Crippen molar-refractivity contribution in [3.63, 3.8) is 0 Å². The van der Waals surface area contributed by atoms with E-state index >= 15 is 0 Å². The molecule has 0 aromatic heterocycles. The summed E-state index contributed by atoms with van der Waals surface area (Å²) in [5.74, 6) is 0. The molecule has 0 aromatic carbocycles. The number of rotatable bonds is 5. The molecule has 2 rings (SSSR count). The third-order valence-electron chi connectivity index (χ3n) is 5.18. The third kappa shape index (κ3) is 4.44. The lowest BCUT2D eigenvalue weighted by Crippen LogP contribution is -2.55. The fourth-order valence-corrected chi connectivity index (χ4v) is 3.73. The van der Waals surface area contributed by atoms with Gasteiger partial charge in [-0.15, -0.1) is 0 Å². The van der Waals surface area contributed by atoms with Crippen molar-refractivity contribution in [2.75, 3.05) is 39.3 Å². The highest BCUT2D eigenvalue weighted by Gasteiger charge is 2.29. The van der Waals surface area contributed by atoms with Gasteiger partial charge in [0.05, 0.1) is 0 Å². The first-order chi connectivity index (χ1) is 9.50. The van der Waals surface area contributed by atoms with Gasteiger partial charge >= 0.3 is 0 Å². The quantitative estimate of drug-likeness (QED) is 0.835. The molecule has 1 atom stereocenters. The molecule has 1 aliphatic heterocycles. The molecule has 1 saturated heterocycles. The monoisotopic (exact) mass is 281 g/mol. The smallest absolute Gasteiger partial charge is 0.0243 e. The summed E-state index contributed by atoms with van der Waals surface area (Å²) < 4.78 is 0. The van der Waals surface area contributed by atoms with Crippen LogP contribution in [0.3, 0.4) is 0 Å². The SMILES string of the molecule is CCNC(CN1CCN(C2CCCC2)CC1)C(C)(C)C. The van der Waals surface area contributed by atoms with Crippen LogP contribution in [0.1, 0.15) is 53.4 Å². The Bertz CT molecular complexity index is 270. The van der Waals surface area contributed by atoms with Crippen molar-refractivity contribution >= 4 is 0 Å². The first-order valence-corrected chi connectivity index (χ1v) is 8.70. The molecule has 2 aliphatic rings. The molecule has 1 aliphatic carbocycles. The van der Waals surface area contributed by atoms with E-state index in [1.807, 2.05) is 0 Å². The van der Waals surface area contributed by atoms with Crippen LogP contribution in [0.25, 0.3) is 0 Å². The van der Waals surface area contributed by atoms with Crippen molar-refractivity contribution in [2.45, 2.75) is 65.5 Å². The Balaban J connectivity index is 1.77. The molecule has 3 nitrogen and oxygen atoms in total. The Morgan fingerprint density at radius 3 is 2.15 bits per heavy atom. The normalized spacial score (nSPS) is 25.2. The van der Waals surface area contributed by atoms with Crippen molar-refractivity contribution in [1.29, 1.82) is 0 Å². The van der Waals surface area contributed by atoms with Crippen LogP contribution >= 0.6 is 0 Å². The molecule has 1 saturated carbocycles. The average Bonchev–Trinajstić information content (AvgIpc) is 2.92. The molecular weight excluding hydrogens is 246 g/mol. The van der Waals surface area contributed by atoms with Crippen LogP contribution in [-0.2, 0) is 0 Å². The lowest BCUT2D eigenvalue weighted by Gasteiger charge is -2.41. The standard InChI is InChI=1S/C17H35N3/c1-5-18-16(17(2,3)4)14-19-10-12-20(13-11-19)15-8-6-7-9-15/h15-16,18H,5-14H2,1-4H3. The van der Waals surface area contributed by atoms with E-state index in [4.69, 9.17) is 0 Å². The van der Waals surface area contributed by atoms with E-state index in [-0.39, 0.29) is 0 Å². The summed E-state index contributed by atoms with van der Waals surface area (Å²) in [6.45, 7) is 16.7. The Hall–Kier alpha value is -0.120. The highest BCUT2D eigenvalue weighted by Crippen LogP contribution is 2.25. The van der Waals surface area contributed by atoms with Gasteiger partial charge in [-0.2, -0.15) is 0 Å². The molecule has 3 heteroatoms. The highest BCUT2D eigenvalue weighted by molar-refractivity contribution is 4.87. The van der Waals surface area contributed by atoms with Gasteiger partial charge in [0.2, 0.25) is 0 Å². The minimum Gasteiger partial charge on any atom is -0.312 e. The van der Waals surface area contributed by atoms with Crippen molar-refractivity contribution in [3.05, 3.63) is 0 Å². The molecule has 118 valence electrons. The second-order valence-electron chi connectivity index (χ2n) is 7.75. The van der Waals surface area contributed by atoms with Crippen LogP contribution in [0.5, 0.6) is 0 Å². The van der Waals surface area contributed by atoms with Gasteiger partial charge in [-0.25, -0.2) is 0 Å². The number of nitrogens with zero attached hydrogens (tertiary/aromatic N) is 2. The maximum atomic E-state index is 3.68. The minimum atomic E-state index is 0.346. The Kier molecular flexibility index (Phi) is 5.88. The molecule has 1 N–H and O–H groups in total. The maximum Gasteiger partial charge on any atom is 0.0243 e. The molecule has 0 aromatic rings. The molecule has 0 amide bonds. The van der Waals surface area contributed by atoms with Gasteiger partial charge in [0, 0.05) is 44.8 Å². The minimum absolute atomic E-state index is 0.346.